The molecule has 150 valence electrons. The van der Waals surface area contributed by atoms with Crippen molar-refractivity contribution in [2.75, 3.05) is 6.54 Å². The number of carbonyl (C=O) groups is 1. The molecule has 0 saturated heterocycles. The van der Waals surface area contributed by atoms with Crippen molar-refractivity contribution < 1.29 is 19.9 Å². The number of carboxylic acid groups (broad SMARTS) is 1. The molecule has 0 spiro atoms. The standard InChI is InChI=1S/C18H27BCl2N2O4/c20-14-4-3-12(16(21)11-14)5-8-23-15-9-13(10-15)18(22,17(24)25)6-1-2-7-19(26)27/h3-4,11,13,15,23,26-27H,1-2,5-10,22H2,(H,24,25)/t13-,15+,18?. The van der Waals surface area contributed by atoms with Gasteiger partial charge in [-0.05, 0) is 62.2 Å². The summed E-state index contributed by atoms with van der Waals surface area (Å²) >= 11 is 12.1. The normalized spacial score (nSPS) is 21.4. The second-order valence-corrected chi connectivity index (χ2v) is 8.22. The Hall–Kier alpha value is -0.825. The Kier molecular flexibility index (Phi) is 8.40. The van der Waals surface area contributed by atoms with Crippen LogP contribution in [0.1, 0.15) is 37.7 Å². The molecule has 1 saturated carbocycles. The minimum atomic E-state index is -1.35. The third kappa shape index (κ3) is 6.34. The van der Waals surface area contributed by atoms with E-state index in [9.17, 15) is 9.90 Å². The number of halogens is 2. The van der Waals surface area contributed by atoms with Gasteiger partial charge in [-0.15, -0.1) is 0 Å². The Morgan fingerprint density at radius 2 is 2.00 bits per heavy atom. The number of nitrogens with one attached hydrogen (secondary N) is 1. The van der Waals surface area contributed by atoms with Crippen molar-refractivity contribution in [3.05, 3.63) is 33.8 Å². The molecular formula is C18H27BCl2N2O4. The van der Waals surface area contributed by atoms with E-state index in [1.54, 1.807) is 6.07 Å². The number of rotatable bonds is 11. The zero-order valence-electron chi connectivity index (χ0n) is 15.2. The van der Waals surface area contributed by atoms with Crippen LogP contribution in [-0.2, 0) is 11.2 Å². The molecule has 27 heavy (non-hydrogen) atoms. The molecule has 0 bridgehead atoms. The van der Waals surface area contributed by atoms with Gasteiger partial charge in [0.05, 0.1) is 0 Å². The predicted molar refractivity (Wildman–Crippen MR) is 108 cm³/mol. The van der Waals surface area contributed by atoms with Crippen LogP contribution in [0.4, 0.5) is 0 Å². The van der Waals surface area contributed by atoms with Crippen molar-refractivity contribution in [1.29, 1.82) is 0 Å². The fraction of sp³-hybridized carbons (Fsp3) is 0.611. The van der Waals surface area contributed by atoms with E-state index in [1.807, 2.05) is 12.1 Å². The van der Waals surface area contributed by atoms with Gasteiger partial charge in [0.15, 0.2) is 0 Å². The third-order valence-corrected chi connectivity index (χ3v) is 6.00. The van der Waals surface area contributed by atoms with Crippen LogP contribution in [0.25, 0.3) is 0 Å². The van der Waals surface area contributed by atoms with E-state index in [0.29, 0.717) is 29.3 Å². The van der Waals surface area contributed by atoms with E-state index >= 15 is 0 Å². The lowest BCUT2D eigenvalue weighted by Crippen LogP contribution is -2.61. The Balaban J connectivity index is 1.74. The molecule has 6 nitrogen and oxygen atoms in total. The Bertz CT molecular complexity index is 644. The van der Waals surface area contributed by atoms with Crippen molar-refractivity contribution in [1.82, 2.24) is 5.32 Å². The maximum atomic E-state index is 11.7. The van der Waals surface area contributed by atoms with E-state index in [-0.39, 0.29) is 18.3 Å². The quantitative estimate of drug-likeness (QED) is 0.279. The zero-order chi connectivity index (χ0) is 20.0. The van der Waals surface area contributed by atoms with E-state index in [4.69, 9.17) is 39.0 Å². The molecule has 6 N–H and O–H groups in total. The number of carboxylic acids is 1. The van der Waals surface area contributed by atoms with Crippen molar-refractivity contribution in [2.24, 2.45) is 11.7 Å². The summed E-state index contributed by atoms with van der Waals surface area (Å²) < 4.78 is 0. The van der Waals surface area contributed by atoms with Gasteiger partial charge in [-0.3, -0.25) is 4.79 Å². The monoisotopic (exact) mass is 416 g/mol. The third-order valence-electron chi connectivity index (χ3n) is 5.41. The minimum Gasteiger partial charge on any atom is -0.480 e. The van der Waals surface area contributed by atoms with Crippen molar-refractivity contribution in [2.45, 2.75) is 56.4 Å². The highest BCUT2D eigenvalue weighted by Crippen LogP contribution is 2.38. The van der Waals surface area contributed by atoms with Crippen LogP contribution in [0.2, 0.25) is 16.4 Å². The average molecular weight is 417 g/mol. The summed E-state index contributed by atoms with van der Waals surface area (Å²) in [5, 5.41) is 32.0. The molecule has 1 aromatic rings. The fourth-order valence-corrected chi connectivity index (χ4v) is 4.07. The summed E-state index contributed by atoms with van der Waals surface area (Å²) in [6.45, 7) is 0.748. The minimum absolute atomic E-state index is 0.0781. The smallest absolute Gasteiger partial charge is 0.451 e. The number of unbranched alkanes of at least 4 members (excludes halogenated alkanes) is 1. The average Bonchev–Trinajstić information content (AvgIpc) is 2.54. The molecule has 2 rings (SSSR count). The first kappa shape index (κ1) is 22.5. The molecule has 1 unspecified atom stereocenters. The lowest BCUT2D eigenvalue weighted by atomic mass is 9.66. The van der Waals surface area contributed by atoms with Crippen LogP contribution in [0.15, 0.2) is 18.2 Å². The first-order valence-corrected chi connectivity index (χ1v) is 10.0. The van der Waals surface area contributed by atoms with Gasteiger partial charge in [0.25, 0.3) is 0 Å². The second kappa shape index (κ2) is 10.1. The lowest BCUT2D eigenvalue weighted by molar-refractivity contribution is -0.148. The maximum Gasteiger partial charge on any atom is 0.451 e. The van der Waals surface area contributed by atoms with Gasteiger partial charge in [0.2, 0.25) is 0 Å². The van der Waals surface area contributed by atoms with Crippen LogP contribution < -0.4 is 11.1 Å². The van der Waals surface area contributed by atoms with Gasteiger partial charge in [-0.25, -0.2) is 0 Å². The number of benzene rings is 1. The van der Waals surface area contributed by atoms with E-state index in [2.05, 4.69) is 5.32 Å². The van der Waals surface area contributed by atoms with E-state index < -0.39 is 18.6 Å². The van der Waals surface area contributed by atoms with Crippen LogP contribution >= 0.6 is 23.2 Å². The van der Waals surface area contributed by atoms with Gasteiger partial charge < -0.3 is 26.2 Å². The van der Waals surface area contributed by atoms with Crippen LogP contribution in [0.5, 0.6) is 0 Å². The molecule has 0 radical (unpaired) electrons. The van der Waals surface area contributed by atoms with E-state index in [1.165, 1.54) is 0 Å². The highest BCUT2D eigenvalue weighted by molar-refractivity contribution is 6.40. The molecule has 0 aromatic heterocycles. The van der Waals surface area contributed by atoms with Crippen LogP contribution in [0.3, 0.4) is 0 Å². The van der Waals surface area contributed by atoms with Crippen molar-refractivity contribution in [3.8, 4) is 0 Å². The van der Waals surface area contributed by atoms with Crippen molar-refractivity contribution >= 4 is 36.3 Å². The van der Waals surface area contributed by atoms with Crippen LogP contribution in [-0.4, -0.2) is 46.4 Å². The molecule has 1 aromatic carbocycles. The highest BCUT2D eigenvalue weighted by atomic mass is 35.5. The first-order valence-electron chi connectivity index (χ1n) is 9.28. The molecule has 0 aliphatic heterocycles. The van der Waals surface area contributed by atoms with E-state index in [0.717, 1.165) is 31.4 Å². The van der Waals surface area contributed by atoms with Crippen molar-refractivity contribution in [3.63, 3.8) is 0 Å². The molecule has 1 aliphatic rings. The fourth-order valence-electron chi connectivity index (χ4n) is 3.57. The van der Waals surface area contributed by atoms with Gasteiger partial charge in [-0.1, -0.05) is 42.1 Å². The maximum absolute atomic E-state index is 11.7. The topological polar surface area (TPSA) is 116 Å². The molecule has 1 atom stereocenters. The summed E-state index contributed by atoms with van der Waals surface area (Å²) in [6.07, 6.45) is 3.89. The Labute approximate surface area is 170 Å². The van der Waals surface area contributed by atoms with Crippen LogP contribution in [0, 0.1) is 5.92 Å². The molecule has 1 aliphatic carbocycles. The summed E-state index contributed by atoms with van der Waals surface area (Å²) in [6, 6.07) is 5.70. The SMILES string of the molecule is NC(CCCCB(O)O)(C(=O)O)[C@H]1C[C@@H](NCCc2ccc(Cl)cc2Cl)C1. The zero-order valence-corrected chi connectivity index (χ0v) is 16.7. The van der Waals surface area contributed by atoms with Gasteiger partial charge >= 0.3 is 13.1 Å². The summed E-state index contributed by atoms with van der Waals surface area (Å²) in [4.78, 5) is 11.7. The molecule has 9 heteroatoms. The molecule has 0 amide bonds. The Morgan fingerprint density at radius 3 is 2.59 bits per heavy atom. The van der Waals surface area contributed by atoms with Gasteiger partial charge in [0, 0.05) is 16.1 Å². The summed E-state index contributed by atoms with van der Waals surface area (Å²) in [7, 11) is -1.35. The predicted octanol–water partition coefficient (Wildman–Crippen LogP) is 2.33. The Morgan fingerprint density at radius 1 is 1.30 bits per heavy atom. The largest absolute Gasteiger partial charge is 0.480 e. The van der Waals surface area contributed by atoms with Gasteiger partial charge in [-0.2, -0.15) is 0 Å². The number of aliphatic carboxylic acids is 1. The van der Waals surface area contributed by atoms with Gasteiger partial charge in [0.1, 0.15) is 5.54 Å². The number of nitrogens with two attached hydrogens (primary N) is 1. The summed E-state index contributed by atoms with van der Waals surface area (Å²) in [5.74, 6) is -1.06. The number of hydrogen-bond acceptors (Lipinski definition) is 5. The second-order valence-electron chi connectivity index (χ2n) is 7.38. The number of hydrogen-bond donors (Lipinski definition) is 5. The molecule has 1 fully saturated rings. The lowest BCUT2D eigenvalue weighted by Gasteiger charge is -2.45. The molecular weight excluding hydrogens is 390 g/mol. The summed E-state index contributed by atoms with van der Waals surface area (Å²) in [5.41, 5.74) is 5.97. The highest BCUT2D eigenvalue weighted by Gasteiger charge is 2.47. The first-order chi connectivity index (χ1) is 12.7. The molecule has 0 heterocycles.